The van der Waals surface area contributed by atoms with E-state index in [2.05, 4.69) is 163 Å². The molecule has 4 aromatic carbocycles. The number of allylic oxidation sites excluding steroid dienone is 2. The summed E-state index contributed by atoms with van der Waals surface area (Å²) in [6.07, 6.45) is 5.17. The van der Waals surface area contributed by atoms with E-state index in [0.717, 1.165) is 0 Å². The predicted molar refractivity (Wildman–Crippen MR) is 213 cm³/mol. The quantitative estimate of drug-likeness (QED) is 0.178. The molecule has 4 aromatic rings. The van der Waals surface area contributed by atoms with Crippen LogP contribution in [-0.4, -0.2) is 6.88 Å². The van der Waals surface area contributed by atoms with Gasteiger partial charge in [-0.15, -0.1) is 24.8 Å². The molecule has 0 nitrogen and oxygen atoms in total. The molecular formula is C43H54Cl2SiZr. The van der Waals surface area contributed by atoms with Crippen molar-refractivity contribution in [3.05, 3.63) is 128 Å². The van der Waals surface area contributed by atoms with Crippen LogP contribution in [0.25, 0.3) is 34.4 Å². The van der Waals surface area contributed by atoms with Gasteiger partial charge in [0.1, 0.15) is 0 Å². The molecule has 0 saturated carbocycles. The van der Waals surface area contributed by atoms with E-state index < -0.39 is 17.4 Å². The molecule has 4 heteroatoms. The Morgan fingerprint density at radius 1 is 0.660 bits per heavy atom. The second-order valence-electron chi connectivity index (χ2n) is 16.8. The van der Waals surface area contributed by atoms with Crippen LogP contribution in [0, 0.1) is 26.7 Å². The first-order chi connectivity index (χ1) is 21.0. The molecular weight excluding hydrogens is 707 g/mol. The standard InChI is InChI=1S/C22H25.C19H19.2CH3.2ClH.H2Si.Zr/c1-15(2)18-13-17-7-6-8-20(21(17)14-18)16-9-11-19(12-10-16)22(3,4)5;1-12-5-6-15(4)17(9-12)19-11-14(3)8-16-7-13(2)10-18(16)19;;;;;;/h6-15H,1-5H3;5-11H,1-4H3;2*1H3;2*1H;1H2;. The van der Waals surface area contributed by atoms with E-state index >= 15 is 0 Å². The molecule has 0 fully saturated rings. The van der Waals surface area contributed by atoms with E-state index in [1.807, 2.05) is 0 Å². The molecule has 248 valence electrons. The summed E-state index contributed by atoms with van der Waals surface area (Å²) >= 11 is -3.69. The fourth-order valence-corrected chi connectivity index (χ4v) is 29.4. The summed E-state index contributed by atoms with van der Waals surface area (Å²) in [7, 11) is 0. The van der Waals surface area contributed by atoms with Gasteiger partial charge in [-0.05, 0) is 0 Å². The van der Waals surface area contributed by atoms with Crippen molar-refractivity contribution in [1.82, 2.24) is 0 Å². The van der Waals surface area contributed by atoms with Crippen molar-refractivity contribution in [2.45, 2.75) is 84.2 Å². The van der Waals surface area contributed by atoms with Crippen LogP contribution in [0.5, 0.6) is 0 Å². The van der Waals surface area contributed by atoms with Crippen LogP contribution in [0.3, 0.4) is 0 Å². The molecule has 2 aliphatic rings. The van der Waals surface area contributed by atoms with E-state index in [-0.39, 0.29) is 30.2 Å². The van der Waals surface area contributed by atoms with Crippen LogP contribution in [0.15, 0.2) is 83.9 Å². The van der Waals surface area contributed by atoms with Gasteiger partial charge in [0, 0.05) is 0 Å². The SMILES string of the molecule is CC1=Cc2c(-c3cc(C)ccc3C)cc(C)cc2[CH]1[Zr]([CH3])([CH3])(=[SiH2])[CH]1C(C(C)C)=Cc2c(-c3ccc(C(C)(C)C)cc3)cccc21.Cl.Cl. The summed E-state index contributed by atoms with van der Waals surface area (Å²) in [5.41, 5.74) is 20.4. The van der Waals surface area contributed by atoms with Gasteiger partial charge in [0.2, 0.25) is 0 Å². The first kappa shape index (κ1) is 37.9. The summed E-state index contributed by atoms with van der Waals surface area (Å²) < 4.78 is 6.57. The normalized spacial score (nSPS) is 17.4. The van der Waals surface area contributed by atoms with Gasteiger partial charge >= 0.3 is 277 Å². The molecule has 0 aromatic heterocycles. The smallest absolute Gasteiger partial charge is 0.147 e. The summed E-state index contributed by atoms with van der Waals surface area (Å²) in [6.45, 7) is 23.4. The number of hydrogen-bond acceptors (Lipinski definition) is 0. The molecule has 0 N–H and O–H groups in total. The summed E-state index contributed by atoms with van der Waals surface area (Å²) in [6, 6.07) is 28.4. The molecule has 2 atom stereocenters. The number of rotatable bonds is 5. The second kappa shape index (κ2) is 13.1. The average Bonchev–Trinajstić information content (AvgIpc) is 3.52. The zero-order chi connectivity index (χ0) is 32.7. The second-order valence-corrected chi connectivity index (χ2v) is 47.2. The van der Waals surface area contributed by atoms with Crippen molar-refractivity contribution < 1.29 is 17.4 Å². The fraction of sp³-hybridized carbons (Fsp3) is 0.349. The van der Waals surface area contributed by atoms with Gasteiger partial charge in [-0.1, -0.05) is 0 Å². The van der Waals surface area contributed by atoms with Gasteiger partial charge in [0.25, 0.3) is 0 Å². The van der Waals surface area contributed by atoms with Crippen LogP contribution in [0.1, 0.15) is 93.3 Å². The van der Waals surface area contributed by atoms with Crippen LogP contribution < -0.4 is 0 Å². The van der Waals surface area contributed by atoms with Crippen molar-refractivity contribution in [2.75, 3.05) is 0 Å². The number of fused-ring (bicyclic) bond motifs is 2. The minimum atomic E-state index is -3.69. The number of halogens is 2. The average molecular weight is 761 g/mol. The molecule has 0 saturated heterocycles. The van der Waals surface area contributed by atoms with Gasteiger partial charge in [-0.25, -0.2) is 0 Å². The minimum absolute atomic E-state index is 0. The molecule has 0 spiro atoms. The van der Waals surface area contributed by atoms with Crippen LogP contribution in [-0.2, 0) is 22.8 Å². The van der Waals surface area contributed by atoms with Crippen molar-refractivity contribution in [2.24, 2.45) is 5.92 Å². The summed E-state index contributed by atoms with van der Waals surface area (Å²) in [4.78, 5) is 0. The zero-order valence-corrected chi connectivity index (χ0v) is 35.8. The largest absolute Gasteiger partial charge is 0.147 e. The third kappa shape index (κ3) is 6.55. The van der Waals surface area contributed by atoms with E-state index in [0.29, 0.717) is 13.2 Å². The van der Waals surface area contributed by atoms with Crippen molar-refractivity contribution in [3.63, 3.8) is 0 Å². The Bertz CT molecular complexity index is 1980. The molecule has 0 amide bonds. The molecule has 0 heterocycles. The predicted octanol–water partition coefficient (Wildman–Crippen LogP) is 12.7. The number of hydrogen-bond donors (Lipinski definition) is 0. The van der Waals surface area contributed by atoms with Crippen LogP contribution in [0.2, 0.25) is 9.26 Å². The van der Waals surface area contributed by atoms with E-state index in [9.17, 15) is 0 Å². The monoisotopic (exact) mass is 758 g/mol. The minimum Gasteiger partial charge on any atom is -0.147 e. The van der Waals surface area contributed by atoms with E-state index in [4.69, 9.17) is 0 Å². The number of aryl methyl sites for hydroxylation is 3. The van der Waals surface area contributed by atoms with Gasteiger partial charge in [-0.2, -0.15) is 0 Å². The van der Waals surface area contributed by atoms with Gasteiger partial charge < -0.3 is 0 Å². The molecule has 2 aliphatic carbocycles. The molecule has 0 aliphatic heterocycles. The van der Waals surface area contributed by atoms with Crippen LogP contribution >= 0.6 is 24.8 Å². The van der Waals surface area contributed by atoms with Crippen molar-refractivity contribution in [1.29, 1.82) is 0 Å². The number of benzene rings is 4. The maximum absolute atomic E-state index is 3.69. The first-order valence-corrected chi connectivity index (χ1v) is 30.6. The topological polar surface area (TPSA) is 0 Å². The molecule has 6 rings (SSSR count). The maximum Gasteiger partial charge on any atom is -0.147 e. The van der Waals surface area contributed by atoms with Gasteiger partial charge in [0.15, 0.2) is 0 Å². The molecule has 0 radical (unpaired) electrons. The van der Waals surface area contributed by atoms with E-state index in [1.165, 1.54) is 55.6 Å². The molecule has 2 unspecified atom stereocenters. The molecule has 0 bridgehead atoms. The Labute approximate surface area is 299 Å². The van der Waals surface area contributed by atoms with E-state index in [1.54, 1.807) is 22.3 Å². The van der Waals surface area contributed by atoms with Crippen LogP contribution in [0.4, 0.5) is 0 Å². The fourth-order valence-electron chi connectivity index (χ4n) is 8.84. The maximum atomic E-state index is 2.78. The molecule has 47 heavy (non-hydrogen) atoms. The Balaban J connectivity index is 0.00000250. The third-order valence-corrected chi connectivity index (χ3v) is 28.5. The Morgan fingerprint density at radius 3 is 1.89 bits per heavy atom. The zero-order valence-electron chi connectivity index (χ0n) is 30.3. The van der Waals surface area contributed by atoms with Crippen molar-refractivity contribution >= 4 is 43.8 Å². The Morgan fingerprint density at radius 2 is 1.28 bits per heavy atom. The first-order valence-electron chi connectivity index (χ1n) is 16.9. The Hall–Kier alpha value is -1.96. The Kier molecular flexibility index (Phi) is 10.5. The van der Waals surface area contributed by atoms with Crippen molar-refractivity contribution in [3.8, 4) is 22.3 Å². The van der Waals surface area contributed by atoms with Gasteiger partial charge in [0.05, 0.1) is 0 Å². The third-order valence-electron chi connectivity index (χ3n) is 10.9. The summed E-state index contributed by atoms with van der Waals surface area (Å²) in [5, 5.41) is 0. The summed E-state index contributed by atoms with van der Waals surface area (Å²) in [5.74, 6) is 0.504. The van der Waals surface area contributed by atoms with Gasteiger partial charge in [-0.3, -0.25) is 0 Å².